The summed E-state index contributed by atoms with van der Waals surface area (Å²) in [5.41, 5.74) is -1.48. The minimum Gasteiger partial charge on any atom is -0.478 e. The van der Waals surface area contributed by atoms with E-state index in [4.69, 9.17) is 16.3 Å². The van der Waals surface area contributed by atoms with Crippen molar-refractivity contribution in [2.24, 2.45) is 0 Å². The maximum atomic E-state index is 14.9. The van der Waals surface area contributed by atoms with Crippen molar-refractivity contribution in [3.8, 4) is 5.88 Å². The molecule has 0 bridgehead atoms. The van der Waals surface area contributed by atoms with Gasteiger partial charge in [-0.3, -0.25) is 9.69 Å². The van der Waals surface area contributed by atoms with E-state index >= 15 is 0 Å². The highest BCUT2D eigenvalue weighted by Crippen LogP contribution is 2.49. The van der Waals surface area contributed by atoms with E-state index in [1.807, 2.05) is 0 Å². The minimum absolute atomic E-state index is 0.0670. The predicted octanol–water partition coefficient (Wildman–Crippen LogP) is 3.53. The number of piperazine rings is 1. The van der Waals surface area contributed by atoms with Gasteiger partial charge < -0.3 is 19.9 Å². The molecule has 1 atom stereocenters. The molecular formula is C32H37ClN6O5S. The van der Waals surface area contributed by atoms with Crippen LogP contribution in [0.15, 0.2) is 71.8 Å². The molecule has 2 fully saturated rings. The number of pyridine rings is 1. The number of halogens is 1. The largest absolute Gasteiger partial charge is 0.478 e. The third-order valence-corrected chi connectivity index (χ3v) is 10.9. The third-order valence-electron chi connectivity index (χ3n) is 8.92. The number of sulfonamides is 1. The van der Waals surface area contributed by atoms with E-state index in [1.54, 1.807) is 42.2 Å². The highest BCUT2D eigenvalue weighted by atomic mass is 35.5. The zero-order valence-electron chi connectivity index (χ0n) is 25.4. The molecule has 1 aromatic heterocycles. The van der Waals surface area contributed by atoms with E-state index in [1.165, 1.54) is 36.5 Å². The summed E-state index contributed by atoms with van der Waals surface area (Å²) in [6.45, 7) is 6.44. The zero-order valence-corrected chi connectivity index (χ0v) is 26.9. The van der Waals surface area contributed by atoms with E-state index in [0.29, 0.717) is 32.2 Å². The van der Waals surface area contributed by atoms with Crippen LogP contribution in [0.1, 0.15) is 30.9 Å². The molecule has 0 spiro atoms. The second-order valence-electron chi connectivity index (χ2n) is 11.6. The van der Waals surface area contributed by atoms with Crippen molar-refractivity contribution in [2.45, 2.75) is 36.2 Å². The fraction of sp³-hybridized carbons (Fsp3) is 0.406. The highest BCUT2D eigenvalue weighted by molar-refractivity contribution is 7.93. The van der Waals surface area contributed by atoms with Crippen molar-refractivity contribution < 1.29 is 22.7 Å². The van der Waals surface area contributed by atoms with Crippen LogP contribution in [0.3, 0.4) is 0 Å². The normalized spacial score (nSPS) is 21.5. The Morgan fingerprint density at radius 3 is 2.40 bits per heavy atom. The SMILES string of the molecule is CCOc1ncccc1C1(NC(=O)N2CCN(C3CCN(C)CC3)CC2)C(=O)N(S(=O)(=O)c2ccccc2)c2ccc(Cl)cc21. The van der Waals surface area contributed by atoms with Gasteiger partial charge in [0.2, 0.25) is 5.88 Å². The van der Waals surface area contributed by atoms with Crippen molar-refractivity contribution in [2.75, 3.05) is 57.2 Å². The number of carbonyl (C=O) groups excluding carboxylic acids is 2. The van der Waals surface area contributed by atoms with E-state index in [2.05, 4.69) is 27.1 Å². The number of aromatic nitrogens is 1. The number of hydrogen-bond acceptors (Lipinski definition) is 8. The van der Waals surface area contributed by atoms with Gasteiger partial charge in [-0.05, 0) is 82.4 Å². The lowest BCUT2D eigenvalue weighted by Gasteiger charge is -2.43. The number of hydrogen-bond donors (Lipinski definition) is 1. The van der Waals surface area contributed by atoms with Crippen LogP contribution < -0.4 is 14.4 Å². The summed E-state index contributed by atoms with van der Waals surface area (Å²) in [5, 5.41) is 3.26. The van der Waals surface area contributed by atoms with Crippen LogP contribution in [-0.4, -0.2) is 99.0 Å². The van der Waals surface area contributed by atoms with Gasteiger partial charge in [0.1, 0.15) is 0 Å². The number of amides is 3. The number of nitrogens with zero attached hydrogens (tertiary/aromatic N) is 5. The summed E-state index contributed by atoms with van der Waals surface area (Å²) in [6.07, 6.45) is 3.69. The maximum Gasteiger partial charge on any atom is 0.318 e. The van der Waals surface area contributed by atoms with Crippen molar-refractivity contribution in [3.63, 3.8) is 0 Å². The summed E-state index contributed by atoms with van der Waals surface area (Å²) in [4.78, 5) is 39.8. The Kier molecular flexibility index (Phi) is 8.75. The summed E-state index contributed by atoms with van der Waals surface area (Å²) in [6, 6.07) is 15.5. The van der Waals surface area contributed by atoms with Gasteiger partial charge in [-0.15, -0.1) is 0 Å². The Morgan fingerprint density at radius 2 is 1.71 bits per heavy atom. The fourth-order valence-electron chi connectivity index (χ4n) is 6.57. The van der Waals surface area contributed by atoms with Crippen LogP contribution in [0.25, 0.3) is 0 Å². The molecule has 238 valence electrons. The number of fused-ring (bicyclic) bond motifs is 1. The number of likely N-dealkylation sites (tertiary alicyclic amines) is 1. The number of rotatable bonds is 7. The summed E-state index contributed by atoms with van der Waals surface area (Å²) in [7, 11) is -2.26. The Hall–Kier alpha value is -3.71. The molecule has 3 aromatic rings. The first-order valence-electron chi connectivity index (χ1n) is 15.2. The monoisotopic (exact) mass is 652 g/mol. The Morgan fingerprint density at radius 1 is 1.00 bits per heavy atom. The Bertz CT molecular complexity index is 1680. The first-order valence-corrected chi connectivity index (χ1v) is 17.0. The molecule has 2 saturated heterocycles. The lowest BCUT2D eigenvalue weighted by Crippen LogP contribution is -2.61. The lowest BCUT2D eigenvalue weighted by atomic mass is 9.84. The van der Waals surface area contributed by atoms with Crippen molar-refractivity contribution in [1.82, 2.24) is 25.0 Å². The fourth-order valence-corrected chi connectivity index (χ4v) is 8.22. The van der Waals surface area contributed by atoms with Crippen LogP contribution in [0.4, 0.5) is 10.5 Å². The topological polar surface area (TPSA) is 115 Å². The first-order chi connectivity index (χ1) is 21.7. The predicted molar refractivity (Wildman–Crippen MR) is 171 cm³/mol. The maximum absolute atomic E-state index is 14.9. The summed E-state index contributed by atoms with van der Waals surface area (Å²) in [5.74, 6) is -0.776. The average molecular weight is 653 g/mol. The molecule has 1 unspecified atom stereocenters. The minimum atomic E-state index is -4.40. The molecule has 0 radical (unpaired) electrons. The van der Waals surface area contributed by atoms with Crippen LogP contribution >= 0.6 is 11.6 Å². The van der Waals surface area contributed by atoms with Gasteiger partial charge in [-0.25, -0.2) is 18.2 Å². The highest BCUT2D eigenvalue weighted by Gasteiger charge is 2.59. The molecule has 0 saturated carbocycles. The molecule has 2 aromatic carbocycles. The molecule has 6 rings (SSSR count). The van der Waals surface area contributed by atoms with Crippen molar-refractivity contribution >= 4 is 39.2 Å². The Labute approximate surface area is 268 Å². The number of urea groups is 1. The number of piperidine rings is 1. The number of ether oxygens (including phenoxy) is 1. The number of benzene rings is 2. The number of anilines is 1. The molecule has 1 N–H and O–H groups in total. The van der Waals surface area contributed by atoms with Gasteiger partial charge in [-0.1, -0.05) is 29.8 Å². The molecule has 3 aliphatic heterocycles. The van der Waals surface area contributed by atoms with Gasteiger partial charge in [0.25, 0.3) is 15.9 Å². The van der Waals surface area contributed by atoms with Gasteiger partial charge >= 0.3 is 6.03 Å². The van der Waals surface area contributed by atoms with E-state index < -0.39 is 27.5 Å². The molecule has 45 heavy (non-hydrogen) atoms. The molecule has 3 amide bonds. The zero-order chi connectivity index (χ0) is 31.8. The van der Waals surface area contributed by atoms with E-state index in [-0.39, 0.29) is 39.2 Å². The smallest absolute Gasteiger partial charge is 0.318 e. The third kappa shape index (κ3) is 5.65. The number of nitrogens with one attached hydrogen (secondary N) is 1. The Balaban J connectivity index is 1.41. The molecule has 3 aliphatic rings. The summed E-state index contributed by atoms with van der Waals surface area (Å²) >= 11 is 6.49. The molecule has 0 aliphatic carbocycles. The van der Waals surface area contributed by atoms with Gasteiger partial charge in [0.05, 0.1) is 22.8 Å². The molecule has 11 nitrogen and oxygen atoms in total. The van der Waals surface area contributed by atoms with Gasteiger partial charge in [-0.2, -0.15) is 4.31 Å². The van der Waals surface area contributed by atoms with Crippen LogP contribution in [0.5, 0.6) is 5.88 Å². The van der Waals surface area contributed by atoms with Gasteiger partial charge in [0, 0.05) is 49.0 Å². The lowest BCUT2D eigenvalue weighted by molar-refractivity contribution is -0.121. The second kappa shape index (κ2) is 12.6. The van der Waals surface area contributed by atoms with Crippen LogP contribution in [0.2, 0.25) is 5.02 Å². The quantitative estimate of drug-likeness (QED) is 0.412. The first kappa shape index (κ1) is 31.3. The van der Waals surface area contributed by atoms with Crippen LogP contribution in [-0.2, 0) is 20.4 Å². The standard InChI is InChI=1S/C32H37ClN6O5S/c1-3-44-29-26(10-7-15-34-29)32(35-31(41)38-20-18-37(19-21-38)24-13-16-36(2)17-14-24)27-22-23(33)11-12-28(27)39(30(32)40)45(42,43)25-8-5-4-6-9-25/h4-12,15,22,24H,3,13-14,16-21H2,1-2H3,(H,35,41). The number of carbonyl (C=O) groups is 2. The van der Waals surface area contributed by atoms with Gasteiger partial charge in [0.15, 0.2) is 5.54 Å². The summed E-state index contributed by atoms with van der Waals surface area (Å²) < 4.78 is 34.8. The molecule has 13 heteroatoms. The van der Waals surface area contributed by atoms with E-state index in [0.717, 1.165) is 30.2 Å². The van der Waals surface area contributed by atoms with Crippen molar-refractivity contribution in [1.29, 1.82) is 0 Å². The molecule has 4 heterocycles. The van der Waals surface area contributed by atoms with E-state index in [9.17, 15) is 18.0 Å². The second-order valence-corrected chi connectivity index (χ2v) is 13.8. The average Bonchev–Trinajstić information content (AvgIpc) is 3.30. The van der Waals surface area contributed by atoms with Crippen LogP contribution in [0, 0.1) is 0 Å². The molecular weight excluding hydrogens is 616 g/mol. The van der Waals surface area contributed by atoms with Crippen molar-refractivity contribution in [3.05, 3.63) is 83.0 Å².